The number of hydrogen-bond acceptors (Lipinski definition) is 3. The van der Waals surface area contributed by atoms with E-state index in [2.05, 4.69) is 11.0 Å². The first-order chi connectivity index (χ1) is 8.53. The molecular formula is C15H26N2O. The molecule has 0 spiro atoms. The van der Waals surface area contributed by atoms with Crippen LogP contribution in [0.1, 0.15) is 52.4 Å². The number of aliphatic hydroxyl groups is 1. The van der Waals surface area contributed by atoms with Crippen LogP contribution in [0, 0.1) is 22.7 Å². The highest BCUT2D eigenvalue weighted by Gasteiger charge is 2.38. The van der Waals surface area contributed by atoms with Gasteiger partial charge in [-0.2, -0.15) is 5.26 Å². The first-order valence-electron chi connectivity index (χ1n) is 7.37. The van der Waals surface area contributed by atoms with Crippen molar-refractivity contribution in [1.82, 2.24) is 4.90 Å². The Bertz CT molecular complexity index is 321. The molecule has 3 heteroatoms. The lowest BCUT2D eigenvalue weighted by Gasteiger charge is -2.32. The van der Waals surface area contributed by atoms with E-state index in [0.717, 1.165) is 25.9 Å². The largest absolute Gasteiger partial charge is 0.393 e. The van der Waals surface area contributed by atoms with Crippen LogP contribution in [0.2, 0.25) is 0 Å². The van der Waals surface area contributed by atoms with Gasteiger partial charge >= 0.3 is 0 Å². The fraction of sp³-hybridized carbons (Fsp3) is 0.933. The van der Waals surface area contributed by atoms with Crippen LogP contribution in [0.4, 0.5) is 0 Å². The van der Waals surface area contributed by atoms with E-state index in [1.165, 1.54) is 25.7 Å². The molecule has 1 aliphatic carbocycles. The minimum atomic E-state index is -0.221. The van der Waals surface area contributed by atoms with Crippen LogP contribution < -0.4 is 0 Å². The van der Waals surface area contributed by atoms with E-state index in [-0.39, 0.29) is 11.5 Å². The Morgan fingerprint density at radius 3 is 2.67 bits per heavy atom. The molecule has 18 heavy (non-hydrogen) atoms. The zero-order valence-corrected chi connectivity index (χ0v) is 11.7. The number of aliphatic hydroxyl groups excluding tert-OH is 1. The topological polar surface area (TPSA) is 47.3 Å². The van der Waals surface area contributed by atoms with Crippen molar-refractivity contribution in [2.24, 2.45) is 11.3 Å². The van der Waals surface area contributed by atoms with Crippen LogP contribution >= 0.6 is 0 Å². The first-order valence-corrected chi connectivity index (χ1v) is 7.37. The minimum Gasteiger partial charge on any atom is -0.393 e. The fourth-order valence-electron chi connectivity index (χ4n) is 3.51. The van der Waals surface area contributed by atoms with Crippen molar-refractivity contribution in [3.63, 3.8) is 0 Å². The van der Waals surface area contributed by atoms with Gasteiger partial charge in [0.15, 0.2) is 0 Å². The maximum atomic E-state index is 10.1. The molecule has 1 N–H and O–H groups in total. The quantitative estimate of drug-likeness (QED) is 0.834. The van der Waals surface area contributed by atoms with Crippen LogP contribution in [-0.4, -0.2) is 35.2 Å². The second kappa shape index (κ2) is 5.59. The highest BCUT2D eigenvalue weighted by atomic mass is 16.3. The molecule has 0 aromatic carbocycles. The summed E-state index contributed by atoms with van der Waals surface area (Å²) >= 11 is 0. The molecule has 1 heterocycles. The Morgan fingerprint density at radius 2 is 2.06 bits per heavy atom. The van der Waals surface area contributed by atoms with Gasteiger partial charge in [0.25, 0.3) is 0 Å². The van der Waals surface area contributed by atoms with Crippen molar-refractivity contribution < 1.29 is 5.11 Å². The van der Waals surface area contributed by atoms with E-state index in [0.29, 0.717) is 12.0 Å². The van der Waals surface area contributed by atoms with E-state index < -0.39 is 0 Å². The fourth-order valence-corrected chi connectivity index (χ4v) is 3.51. The summed E-state index contributed by atoms with van der Waals surface area (Å²) in [5.74, 6) is 0.484. The molecule has 0 aromatic rings. The second-order valence-electron chi connectivity index (χ2n) is 6.65. The van der Waals surface area contributed by atoms with Crippen LogP contribution in [0.15, 0.2) is 0 Å². The molecule has 0 radical (unpaired) electrons. The number of hydrogen-bond donors (Lipinski definition) is 1. The van der Waals surface area contributed by atoms with Gasteiger partial charge in [0.2, 0.25) is 0 Å². The lowest BCUT2D eigenvalue weighted by atomic mass is 9.90. The van der Waals surface area contributed by atoms with Gasteiger partial charge in [-0.05, 0) is 59.0 Å². The van der Waals surface area contributed by atoms with Crippen LogP contribution in [0.3, 0.4) is 0 Å². The SMILES string of the molecule is CC(C)(C#N)CCN1CCCC1C1CCCC1O. The summed E-state index contributed by atoms with van der Waals surface area (Å²) in [6, 6.07) is 2.95. The molecule has 1 saturated heterocycles. The van der Waals surface area contributed by atoms with Gasteiger partial charge in [0.05, 0.1) is 17.6 Å². The van der Waals surface area contributed by atoms with Crippen LogP contribution in [0.5, 0.6) is 0 Å². The summed E-state index contributed by atoms with van der Waals surface area (Å²) in [6.07, 6.45) is 6.68. The van der Waals surface area contributed by atoms with Crippen molar-refractivity contribution in [3.8, 4) is 6.07 Å². The third kappa shape index (κ3) is 3.05. The van der Waals surface area contributed by atoms with Gasteiger partial charge in [-0.25, -0.2) is 0 Å². The van der Waals surface area contributed by atoms with Crippen LogP contribution in [0.25, 0.3) is 0 Å². The van der Waals surface area contributed by atoms with Gasteiger partial charge in [-0.1, -0.05) is 6.42 Å². The van der Waals surface area contributed by atoms with Crippen molar-refractivity contribution in [2.75, 3.05) is 13.1 Å². The number of likely N-dealkylation sites (tertiary alicyclic amines) is 1. The van der Waals surface area contributed by atoms with E-state index in [9.17, 15) is 5.11 Å². The monoisotopic (exact) mass is 250 g/mol. The van der Waals surface area contributed by atoms with E-state index in [4.69, 9.17) is 5.26 Å². The Hall–Kier alpha value is -0.590. The van der Waals surface area contributed by atoms with Crippen molar-refractivity contribution >= 4 is 0 Å². The Kier molecular flexibility index (Phi) is 4.29. The summed E-state index contributed by atoms with van der Waals surface area (Å²) in [5, 5.41) is 19.1. The summed E-state index contributed by atoms with van der Waals surface area (Å²) in [7, 11) is 0. The smallest absolute Gasteiger partial charge is 0.0684 e. The molecule has 2 aliphatic rings. The number of nitriles is 1. The number of rotatable bonds is 4. The molecule has 3 unspecified atom stereocenters. The van der Waals surface area contributed by atoms with Gasteiger partial charge in [-0.3, -0.25) is 4.90 Å². The van der Waals surface area contributed by atoms with Crippen LogP contribution in [-0.2, 0) is 0 Å². The molecule has 3 nitrogen and oxygen atoms in total. The summed E-state index contributed by atoms with van der Waals surface area (Å²) in [4.78, 5) is 2.53. The molecule has 1 saturated carbocycles. The van der Waals surface area contributed by atoms with Gasteiger partial charge in [0.1, 0.15) is 0 Å². The van der Waals surface area contributed by atoms with Gasteiger partial charge in [-0.15, -0.1) is 0 Å². The average Bonchev–Trinajstić information content (AvgIpc) is 2.94. The molecule has 0 bridgehead atoms. The zero-order valence-electron chi connectivity index (χ0n) is 11.7. The Labute approximate surface area is 111 Å². The second-order valence-corrected chi connectivity index (χ2v) is 6.65. The standard InChI is InChI=1S/C15H26N2O/c1-15(2,11-16)8-10-17-9-4-6-13(17)12-5-3-7-14(12)18/h12-14,18H,3-10H2,1-2H3. The summed E-state index contributed by atoms with van der Waals surface area (Å²) in [6.45, 7) is 6.19. The van der Waals surface area contributed by atoms with Gasteiger partial charge in [0, 0.05) is 12.0 Å². The molecule has 0 aromatic heterocycles. The Morgan fingerprint density at radius 1 is 1.28 bits per heavy atom. The van der Waals surface area contributed by atoms with E-state index in [1.54, 1.807) is 0 Å². The van der Waals surface area contributed by atoms with Crippen molar-refractivity contribution in [1.29, 1.82) is 5.26 Å². The summed E-state index contributed by atoms with van der Waals surface area (Å²) < 4.78 is 0. The third-order valence-electron chi connectivity index (χ3n) is 4.77. The van der Waals surface area contributed by atoms with Crippen molar-refractivity contribution in [2.45, 2.75) is 64.5 Å². The maximum Gasteiger partial charge on any atom is 0.0684 e. The molecule has 0 amide bonds. The molecule has 102 valence electrons. The molecule has 3 atom stereocenters. The first kappa shape index (κ1) is 13.8. The molecule has 1 aliphatic heterocycles. The van der Waals surface area contributed by atoms with Crippen molar-refractivity contribution in [3.05, 3.63) is 0 Å². The predicted molar refractivity (Wildman–Crippen MR) is 72.0 cm³/mol. The lowest BCUT2D eigenvalue weighted by molar-refractivity contribution is 0.0716. The van der Waals surface area contributed by atoms with E-state index in [1.807, 2.05) is 13.8 Å². The zero-order chi connectivity index (χ0) is 13.2. The predicted octanol–water partition coefficient (Wildman–Crippen LogP) is 2.55. The average molecular weight is 250 g/mol. The molecule has 2 rings (SSSR count). The normalized spacial score (nSPS) is 33.8. The lowest BCUT2D eigenvalue weighted by Crippen LogP contribution is -2.40. The summed E-state index contributed by atoms with van der Waals surface area (Å²) in [5.41, 5.74) is -0.221. The third-order valence-corrected chi connectivity index (χ3v) is 4.77. The molecule has 2 fully saturated rings. The van der Waals surface area contributed by atoms with E-state index >= 15 is 0 Å². The maximum absolute atomic E-state index is 10.1. The highest BCUT2D eigenvalue weighted by molar-refractivity contribution is 4.95. The number of nitrogens with zero attached hydrogens (tertiary/aromatic N) is 2. The van der Waals surface area contributed by atoms with Gasteiger partial charge < -0.3 is 5.11 Å². The Balaban J connectivity index is 1.90. The highest BCUT2D eigenvalue weighted by Crippen LogP contribution is 2.36. The minimum absolute atomic E-state index is 0.0837. The molecular weight excluding hydrogens is 224 g/mol.